The third kappa shape index (κ3) is 3.15. The van der Waals surface area contributed by atoms with Crippen molar-refractivity contribution in [2.24, 2.45) is 5.73 Å². The molecule has 0 radical (unpaired) electrons. The molecule has 0 bridgehead atoms. The van der Waals surface area contributed by atoms with E-state index in [-0.39, 0.29) is 0 Å². The number of nitrogens with two attached hydrogens (primary N) is 1. The lowest BCUT2D eigenvalue weighted by Gasteiger charge is -2.13. The number of hydrogen-bond donors (Lipinski definition) is 2. The third-order valence-corrected chi connectivity index (χ3v) is 3.54. The fourth-order valence-corrected chi connectivity index (χ4v) is 2.20. The van der Waals surface area contributed by atoms with E-state index < -0.39 is 0 Å². The molecule has 3 N–H and O–H groups in total. The van der Waals surface area contributed by atoms with Crippen molar-refractivity contribution < 1.29 is 0 Å². The molecule has 2 rings (SSSR count). The number of nitrogens with zero attached hydrogens (tertiary/aromatic N) is 1. The van der Waals surface area contributed by atoms with E-state index >= 15 is 0 Å². The van der Waals surface area contributed by atoms with Gasteiger partial charge in [-0.25, -0.2) is 0 Å². The minimum Gasteiger partial charge on any atom is -0.389 e. The second-order valence-corrected chi connectivity index (χ2v) is 5.25. The third-order valence-electron chi connectivity index (χ3n) is 2.60. The maximum absolute atomic E-state index is 6.18. The number of hydrogen-bond acceptors (Lipinski definition) is 3. The average molecular weight is 312 g/mol. The summed E-state index contributed by atoms with van der Waals surface area (Å²) < 4.78 is 0. The summed E-state index contributed by atoms with van der Waals surface area (Å²) in [5.74, 6) is 0. The molecule has 0 amide bonds. The van der Waals surface area contributed by atoms with E-state index in [4.69, 9.17) is 41.2 Å². The van der Waals surface area contributed by atoms with E-state index in [2.05, 4.69) is 10.3 Å². The number of halogens is 2. The topological polar surface area (TPSA) is 50.9 Å². The molecule has 0 unspecified atom stereocenters. The molecule has 6 heteroatoms. The predicted octanol–water partition coefficient (Wildman–Crippen LogP) is 4.07. The Hall–Kier alpha value is -1.36. The molecule has 19 heavy (non-hydrogen) atoms. The molecule has 0 saturated heterocycles. The van der Waals surface area contributed by atoms with Gasteiger partial charge in [-0.05, 0) is 30.7 Å². The SMILES string of the molecule is Cc1cc(Cl)c(Nc2cnccc2C(N)=S)cc1Cl. The molecule has 0 atom stereocenters. The maximum Gasteiger partial charge on any atom is 0.106 e. The molecule has 0 aliphatic carbocycles. The molecule has 1 aromatic heterocycles. The van der Waals surface area contributed by atoms with E-state index in [0.717, 1.165) is 5.56 Å². The highest BCUT2D eigenvalue weighted by Crippen LogP contribution is 2.31. The van der Waals surface area contributed by atoms with Crippen LogP contribution in [0, 0.1) is 6.92 Å². The van der Waals surface area contributed by atoms with Crippen molar-refractivity contribution in [2.45, 2.75) is 6.92 Å². The van der Waals surface area contributed by atoms with Crippen LogP contribution in [0.2, 0.25) is 10.0 Å². The first kappa shape index (κ1) is 14.1. The lowest BCUT2D eigenvalue weighted by Crippen LogP contribution is -2.12. The van der Waals surface area contributed by atoms with E-state index in [1.54, 1.807) is 30.6 Å². The van der Waals surface area contributed by atoms with Gasteiger partial charge in [0.15, 0.2) is 0 Å². The van der Waals surface area contributed by atoms with Gasteiger partial charge in [0.2, 0.25) is 0 Å². The lowest BCUT2D eigenvalue weighted by molar-refractivity contribution is 1.31. The highest BCUT2D eigenvalue weighted by Gasteiger charge is 2.09. The second-order valence-electron chi connectivity index (χ2n) is 3.99. The first-order valence-corrected chi connectivity index (χ1v) is 6.62. The molecule has 98 valence electrons. The molecule has 3 nitrogen and oxygen atoms in total. The lowest BCUT2D eigenvalue weighted by atomic mass is 10.2. The molecule has 0 aliphatic heterocycles. The van der Waals surface area contributed by atoms with Crippen LogP contribution < -0.4 is 11.1 Å². The van der Waals surface area contributed by atoms with Gasteiger partial charge in [-0.2, -0.15) is 0 Å². The molecule has 0 fully saturated rings. The predicted molar refractivity (Wildman–Crippen MR) is 84.6 cm³/mol. The minimum atomic E-state index is 0.291. The van der Waals surface area contributed by atoms with Gasteiger partial charge in [-0.1, -0.05) is 35.4 Å². The average Bonchev–Trinajstić information content (AvgIpc) is 2.36. The Kier molecular flexibility index (Phi) is 4.24. The Balaban J connectivity index is 2.42. The first-order chi connectivity index (χ1) is 8.99. The monoisotopic (exact) mass is 311 g/mol. The van der Waals surface area contributed by atoms with Gasteiger partial charge >= 0.3 is 0 Å². The van der Waals surface area contributed by atoms with Crippen LogP contribution in [0.1, 0.15) is 11.1 Å². The van der Waals surface area contributed by atoms with Crippen LogP contribution in [0.5, 0.6) is 0 Å². The van der Waals surface area contributed by atoms with Crippen LogP contribution in [0.3, 0.4) is 0 Å². The van der Waals surface area contributed by atoms with Crippen LogP contribution in [0.4, 0.5) is 11.4 Å². The largest absolute Gasteiger partial charge is 0.389 e. The summed E-state index contributed by atoms with van der Waals surface area (Å²) in [5.41, 5.74) is 8.66. The van der Waals surface area contributed by atoms with Crippen molar-refractivity contribution in [1.29, 1.82) is 0 Å². The van der Waals surface area contributed by atoms with Gasteiger partial charge in [0, 0.05) is 16.8 Å². The van der Waals surface area contributed by atoms with Crippen molar-refractivity contribution in [3.8, 4) is 0 Å². The van der Waals surface area contributed by atoms with Crippen LogP contribution in [0.15, 0.2) is 30.6 Å². The van der Waals surface area contributed by atoms with Crippen LogP contribution in [0.25, 0.3) is 0 Å². The number of pyridine rings is 1. The zero-order chi connectivity index (χ0) is 14.0. The normalized spacial score (nSPS) is 10.3. The molecule has 0 aliphatic rings. The fourth-order valence-electron chi connectivity index (χ4n) is 1.60. The summed E-state index contributed by atoms with van der Waals surface area (Å²) >= 11 is 17.3. The van der Waals surface area contributed by atoms with Crippen molar-refractivity contribution in [3.63, 3.8) is 0 Å². The molecule has 1 aromatic carbocycles. The fraction of sp³-hybridized carbons (Fsp3) is 0.0769. The summed E-state index contributed by atoms with van der Waals surface area (Å²) in [6.07, 6.45) is 3.27. The van der Waals surface area contributed by atoms with Crippen molar-refractivity contribution in [2.75, 3.05) is 5.32 Å². The Bertz CT molecular complexity index is 644. The van der Waals surface area contributed by atoms with Gasteiger partial charge in [-0.3, -0.25) is 4.98 Å². The number of aryl methyl sites for hydroxylation is 1. The number of thiocarbonyl (C=S) groups is 1. The standard InChI is InChI=1S/C13H11Cl2N3S/c1-7-4-10(15)11(5-9(7)14)18-12-6-17-3-2-8(12)13(16)19/h2-6,18H,1H3,(H2,16,19). The minimum absolute atomic E-state index is 0.291. The van der Waals surface area contributed by atoms with Gasteiger partial charge in [-0.15, -0.1) is 0 Å². The highest BCUT2D eigenvalue weighted by molar-refractivity contribution is 7.80. The van der Waals surface area contributed by atoms with Gasteiger partial charge < -0.3 is 11.1 Å². The van der Waals surface area contributed by atoms with Gasteiger partial charge in [0.05, 0.1) is 22.6 Å². The van der Waals surface area contributed by atoms with Crippen molar-refractivity contribution in [3.05, 3.63) is 51.8 Å². The summed E-state index contributed by atoms with van der Waals surface area (Å²) in [4.78, 5) is 4.33. The smallest absolute Gasteiger partial charge is 0.106 e. The van der Waals surface area contributed by atoms with Gasteiger partial charge in [0.1, 0.15) is 4.99 Å². The first-order valence-electron chi connectivity index (χ1n) is 5.45. The van der Waals surface area contributed by atoms with E-state index in [9.17, 15) is 0 Å². The molecule has 0 spiro atoms. The summed E-state index contributed by atoms with van der Waals surface area (Å²) in [7, 11) is 0. The summed E-state index contributed by atoms with van der Waals surface area (Å²) in [6, 6.07) is 5.30. The van der Waals surface area contributed by atoms with E-state index in [0.29, 0.717) is 32.0 Å². The maximum atomic E-state index is 6.18. The molecular formula is C13H11Cl2N3S. The Morgan fingerprint density at radius 1 is 1.26 bits per heavy atom. The highest BCUT2D eigenvalue weighted by atomic mass is 35.5. The molecular weight excluding hydrogens is 301 g/mol. The number of aromatic nitrogens is 1. The van der Waals surface area contributed by atoms with Crippen molar-refractivity contribution >= 4 is 51.8 Å². The van der Waals surface area contributed by atoms with Crippen LogP contribution in [-0.2, 0) is 0 Å². The Morgan fingerprint density at radius 2 is 2.00 bits per heavy atom. The number of rotatable bonds is 3. The summed E-state index contributed by atoms with van der Waals surface area (Å²) in [5, 5.41) is 4.35. The molecule has 0 saturated carbocycles. The van der Waals surface area contributed by atoms with Crippen molar-refractivity contribution in [1.82, 2.24) is 4.98 Å². The second kappa shape index (κ2) is 5.74. The zero-order valence-electron chi connectivity index (χ0n) is 10.1. The number of nitrogens with one attached hydrogen (secondary N) is 1. The van der Waals surface area contributed by atoms with Gasteiger partial charge in [0.25, 0.3) is 0 Å². The number of anilines is 2. The Labute approximate surface area is 126 Å². The van der Waals surface area contributed by atoms with E-state index in [1.165, 1.54) is 0 Å². The van der Waals surface area contributed by atoms with E-state index in [1.807, 2.05) is 6.92 Å². The molecule has 1 heterocycles. The van der Waals surface area contributed by atoms with Crippen LogP contribution >= 0.6 is 35.4 Å². The quantitative estimate of drug-likeness (QED) is 0.839. The zero-order valence-corrected chi connectivity index (χ0v) is 12.4. The molecule has 2 aromatic rings. The number of benzene rings is 1. The summed E-state index contributed by atoms with van der Waals surface area (Å²) in [6.45, 7) is 1.89. The van der Waals surface area contributed by atoms with Crippen LogP contribution in [-0.4, -0.2) is 9.97 Å². The Morgan fingerprint density at radius 3 is 2.68 bits per heavy atom.